The van der Waals surface area contributed by atoms with E-state index in [9.17, 15) is 14.4 Å². The number of amides is 1. The third kappa shape index (κ3) is 4.66. The van der Waals surface area contributed by atoms with Crippen LogP contribution in [0.5, 0.6) is 0 Å². The molecule has 1 aromatic heterocycles. The lowest BCUT2D eigenvalue weighted by Gasteiger charge is -2.28. The van der Waals surface area contributed by atoms with Gasteiger partial charge in [0, 0.05) is 18.2 Å². The molecule has 31 heavy (non-hydrogen) atoms. The number of para-hydroxylation sites is 1. The second-order valence-electron chi connectivity index (χ2n) is 8.00. The van der Waals surface area contributed by atoms with Gasteiger partial charge in [0.2, 0.25) is 5.91 Å². The molecule has 1 N–H and O–H groups in total. The zero-order chi connectivity index (χ0) is 21.8. The predicted molar refractivity (Wildman–Crippen MR) is 118 cm³/mol. The first-order valence-corrected chi connectivity index (χ1v) is 10.5. The van der Waals surface area contributed by atoms with Gasteiger partial charge < -0.3 is 10.1 Å². The second-order valence-corrected chi connectivity index (χ2v) is 8.00. The molecule has 1 amide bonds. The van der Waals surface area contributed by atoms with E-state index in [0.717, 1.165) is 25.7 Å². The van der Waals surface area contributed by atoms with Crippen molar-refractivity contribution in [2.75, 3.05) is 12.4 Å². The number of benzene rings is 2. The van der Waals surface area contributed by atoms with Crippen LogP contribution in [0, 0.1) is 11.8 Å². The van der Waals surface area contributed by atoms with E-state index in [-0.39, 0.29) is 17.4 Å². The maximum absolute atomic E-state index is 12.7. The van der Waals surface area contributed by atoms with Crippen LogP contribution in [0.15, 0.2) is 59.7 Å². The van der Waals surface area contributed by atoms with Gasteiger partial charge in [0.1, 0.15) is 0 Å². The van der Waals surface area contributed by atoms with Crippen LogP contribution in [-0.4, -0.2) is 28.5 Å². The number of carbonyl (C=O) groups is 2. The van der Waals surface area contributed by atoms with Crippen LogP contribution in [0.1, 0.15) is 36.0 Å². The normalized spacial score (nSPS) is 18.5. The van der Waals surface area contributed by atoms with Crippen LogP contribution in [0.25, 0.3) is 10.9 Å². The molecule has 4 rings (SSSR count). The van der Waals surface area contributed by atoms with Gasteiger partial charge in [-0.3, -0.25) is 14.2 Å². The molecule has 0 atom stereocenters. The molecule has 160 valence electrons. The molecular formula is C24H25N3O4. The van der Waals surface area contributed by atoms with Gasteiger partial charge >= 0.3 is 5.97 Å². The maximum atomic E-state index is 12.7. The van der Waals surface area contributed by atoms with Gasteiger partial charge in [0.25, 0.3) is 5.56 Å². The highest BCUT2D eigenvalue weighted by atomic mass is 16.5. The maximum Gasteiger partial charge on any atom is 0.337 e. The third-order valence-corrected chi connectivity index (χ3v) is 5.98. The summed E-state index contributed by atoms with van der Waals surface area (Å²) in [6.45, 7) is 0.625. The summed E-state index contributed by atoms with van der Waals surface area (Å²) in [6.07, 6.45) is 4.97. The molecule has 0 bridgehead atoms. The topological polar surface area (TPSA) is 90.3 Å². The van der Waals surface area contributed by atoms with E-state index in [1.54, 1.807) is 41.2 Å². The van der Waals surface area contributed by atoms with E-state index in [2.05, 4.69) is 15.0 Å². The Kier molecular flexibility index (Phi) is 6.11. The highest BCUT2D eigenvalue weighted by Crippen LogP contribution is 2.30. The van der Waals surface area contributed by atoms with Crippen molar-refractivity contribution in [1.29, 1.82) is 0 Å². The molecule has 1 saturated carbocycles. The minimum Gasteiger partial charge on any atom is -0.465 e. The predicted octanol–water partition coefficient (Wildman–Crippen LogP) is 3.63. The number of carbonyl (C=O) groups excluding carboxylic acids is 2. The number of nitrogens with zero attached hydrogens (tertiary/aromatic N) is 2. The van der Waals surface area contributed by atoms with Crippen molar-refractivity contribution in [2.45, 2.75) is 32.2 Å². The Hall–Kier alpha value is -3.48. The monoisotopic (exact) mass is 419 g/mol. The van der Waals surface area contributed by atoms with E-state index >= 15 is 0 Å². The molecule has 0 spiro atoms. The Bertz CT molecular complexity index is 1150. The van der Waals surface area contributed by atoms with E-state index in [1.165, 1.54) is 7.11 Å². The smallest absolute Gasteiger partial charge is 0.337 e. The summed E-state index contributed by atoms with van der Waals surface area (Å²) in [7, 11) is 1.33. The molecular weight excluding hydrogens is 394 g/mol. The van der Waals surface area contributed by atoms with Gasteiger partial charge in [0.05, 0.1) is 29.9 Å². The quantitative estimate of drug-likeness (QED) is 0.638. The minimum absolute atomic E-state index is 0.00573. The number of aromatic nitrogens is 2. The van der Waals surface area contributed by atoms with Crippen molar-refractivity contribution in [3.63, 3.8) is 0 Å². The molecule has 7 heteroatoms. The standard InChI is InChI=1S/C24H25N3O4/c1-31-24(30)18-10-12-19(13-11-18)26-22(28)17-8-6-16(7-9-17)14-27-15-25-21-5-3-2-4-20(21)23(27)29/h2-5,10-13,15-17H,6-9,14H2,1H3,(H,26,28). The van der Waals surface area contributed by atoms with E-state index in [0.29, 0.717) is 34.6 Å². The lowest BCUT2D eigenvalue weighted by atomic mass is 9.81. The Morgan fingerprint density at radius 1 is 1.06 bits per heavy atom. The van der Waals surface area contributed by atoms with Gasteiger partial charge in [-0.05, 0) is 68.0 Å². The Balaban J connectivity index is 1.32. The average molecular weight is 419 g/mol. The summed E-state index contributed by atoms with van der Waals surface area (Å²) in [6, 6.07) is 14.0. The SMILES string of the molecule is COC(=O)c1ccc(NC(=O)C2CCC(Cn3cnc4ccccc4c3=O)CC2)cc1. The van der Waals surface area contributed by atoms with E-state index < -0.39 is 5.97 Å². The molecule has 0 radical (unpaired) electrons. The first-order valence-electron chi connectivity index (χ1n) is 10.5. The summed E-state index contributed by atoms with van der Waals surface area (Å²) in [5, 5.41) is 3.57. The lowest BCUT2D eigenvalue weighted by Crippen LogP contribution is -2.30. The number of esters is 1. The zero-order valence-corrected chi connectivity index (χ0v) is 17.4. The molecule has 1 aliphatic carbocycles. The van der Waals surface area contributed by atoms with E-state index in [4.69, 9.17) is 0 Å². The van der Waals surface area contributed by atoms with Crippen molar-refractivity contribution in [3.05, 3.63) is 70.8 Å². The molecule has 0 unspecified atom stereocenters. The minimum atomic E-state index is -0.406. The zero-order valence-electron chi connectivity index (χ0n) is 17.4. The fourth-order valence-corrected chi connectivity index (χ4v) is 4.17. The lowest BCUT2D eigenvalue weighted by molar-refractivity contribution is -0.121. The highest BCUT2D eigenvalue weighted by Gasteiger charge is 2.27. The van der Waals surface area contributed by atoms with Gasteiger partial charge in [-0.1, -0.05) is 12.1 Å². The van der Waals surface area contributed by atoms with Crippen LogP contribution in [0.3, 0.4) is 0 Å². The largest absolute Gasteiger partial charge is 0.465 e. The van der Waals surface area contributed by atoms with E-state index in [1.807, 2.05) is 18.2 Å². The van der Waals surface area contributed by atoms with Gasteiger partial charge in [0.15, 0.2) is 0 Å². The van der Waals surface area contributed by atoms with Crippen molar-refractivity contribution < 1.29 is 14.3 Å². The molecule has 0 aliphatic heterocycles. The van der Waals surface area contributed by atoms with Crippen molar-refractivity contribution in [3.8, 4) is 0 Å². The van der Waals surface area contributed by atoms with Crippen LogP contribution >= 0.6 is 0 Å². The highest BCUT2D eigenvalue weighted by molar-refractivity contribution is 5.94. The second kappa shape index (κ2) is 9.12. The number of fused-ring (bicyclic) bond motifs is 1. The number of nitrogens with one attached hydrogen (secondary N) is 1. The van der Waals surface area contributed by atoms with Crippen LogP contribution in [0.2, 0.25) is 0 Å². The molecule has 1 heterocycles. The molecule has 0 saturated heterocycles. The molecule has 3 aromatic rings. The van der Waals surface area contributed by atoms with Crippen molar-refractivity contribution in [1.82, 2.24) is 9.55 Å². The molecule has 1 aliphatic rings. The van der Waals surface area contributed by atoms with Crippen molar-refractivity contribution >= 4 is 28.5 Å². The Morgan fingerprint density at radius 2 is 1.77 bits per heavy atom. The van der Waals surface area contributed by atoms with Gasteiger partial charge in [-0.15, -0.1) is 0 Å². The average Bonchev–Trinajstić information content (AvgIpc) is 2.81. The third-order valence-electron chi connectivity index (χ3n) is 5.98. The number of hydrogen-bond donors (Lipinski definition) is 1. The summed E-state index contributed by atoms with van der Waals surface area (Å²) in [5.41, 5.74) is 1.80. The van der Waals surface area contributed by atoms with Gasteiger partial charge in [-0.2, -0.15) is 0 Å². The summed E-state index contributed by atoms with van der Waals surface area (Å²) < 4.78 is 6.37. The number of anilines is 1. The summed E-state index contributed by atoms with van der Waals surface area (Å²) >= 11 is 0. The summed E-state index contributed by atoms with van der Waals surface area (Å²) in [5.74, 6) is -0.113. The first-order chi connectivity index (χ1) is 15.0. The van der Waals surface area contributed by atoms with Crippen LogP contribution < -0.4 is 10.9 Å². The fourth-order valence-electron chi connectivity index (χ4n) is 4.17. The number of rotatable bonds is 5. The number of methoxy groups -OCH3 is 1. The fraction of sp³-hybridized carbons (Fsp3) is 0.333. The number of ether oxygens (including phenoxy) is 1. The van der Waals surface area contributed by atoms with Crippen LogP contribution in [0.4, 0.5) is 5.69 Å². The van der Waals surface area contributed by atoms with Crippen LogP contribution in [-0.2, 0) is 16.1 Å². The summed E-state index contributed by atoms with van der Waals surface area (Å²) in [4.78, 5) is 41.2. The molecule has 1 fully saturated rings. The number of hydrogen-bond acceptors (Lipinski definition) is 5. The van der Waals surface area contributed by atoms with Gasteiger partial charge in [-0.25, -0.2) is 9.78 Å². The Labute approximate surface area is 180 Å². The molecule has 7 nitrogen and oxygen atoms in total. The van der Waals surface area contributed by atoms with Crippen molar-refractivity contribution in [2.24, 2.45) is 11.8 Å². The Morgan fingerprint density at radius 3 is 2.48 bits per heavy atom. The molecule has 2 aromatic carbocycles. The first kappa shape index (κ1) is 20.8.